The summed E-state index contributed by atoms with van der Waals surface area (Å²) in [6.07, 6.45) is 13.8. The highest BCUT2D eigenvalue weighted by molar-refractivity contribution is 5.86. The van der Waals surface area contributed by atoms with Crippen LogP contribution in [-0.2, 0) is 6.42 Å². The topological polar surface area (TPSA) is 76.8 Å². The minimum absolute atomic E-state index is 0.184. The number of terminal acetylenes is 1. The fraction of sp³-hybridized carbons (Fsp3) is 0.0909. The van der Waals surface area contributed by atoms with Gasteiger partial charge in [-0.15, -0.1) is 6.42 Å². The van der Waals surface area contributed by atoms with Crippen molar-refractivity contribution in [1.82, 2.24) is 15.0 Å². The van der Waals surface area contributed by atoms with Crippen molar-refractivity contribution in [2.24, 2.45) is 5.73 Å². The van der Waals surface area contributed by atoms with Gasteiger partial charge in [0.25, 0.3) is 0 Å². The molecule has 0 radical (unpaired) electrons. The average Bonchev–Trinajstić information content (AvgIpc) is 3.39. The lowest BCUT2D eigenvalue weighted by atomic mass is 10.0. The number of hydrogen-bond donors (Lipinski definition) is 2. The molecule has 5 heteroatoms. The van der Waals surface area contributed by atoms with Crippen molar-refractivity contribution in [2.45, 2.75) is 12.5 Å². The molecule has 3 heterocycles. The molecule has 3 N–H and O–H groups in total. The molecular formula is C33H28N4O. The molecule has 38 heavy (non-hydrogen) atoms. The van der Waals surface area contributed by atoms with E-state index in [9.17, 15) is 0 Å². The minimum atomic E-state index is -0.184. The van der Waals surface area contributed by atoms with Gasteiger partial charge in [-0.05, 0) is 53.1 Å². The Kier molecular flexibility index (Phi) is 7.74. The first-order valence-electron chi connectivity index (χ1n) is 12.5. The number of nitrogens with zero attached hydrogens (tertiary/aromatic N) is 2. The Morgan fingerprint density at radius 2 is 1.66 bits per heavy atom. The largest absolute Gasteiger partial charge is 0.489 e. The van der Waals surface area contributed by atoms with Crippen molar-refractivity contribution < 1.29 is 4.74 Å². The average molecular weight is 497 g/mol. The first-order chi connectivity index (χ1) is 18.7. The lowest BCUT2D eigenvalue weighted by Gasteiger charge is -2.15. The summed E-state index contributed by atoms with van der Waals surface area (Å²) < 4.78 is 6.05. The number of para-hydroxylation sites is 1. The van der Waals surface area contributed by atoms with Gasteiger partial charge in [-0.2, -0.15) is 0 Å². The summed E-state index contributed by atoms with van der Waals surface area (Å²) >= 11 is 0. The van der Waals surface area contributed by atoms with Crippen LogP contribution in [0.5, 0.6) is 5.75 Å². The summed E-state index contributed by atoms with van der Waals surface area (Å²) in [4.78, 5) is 11.9. The van der Waals surface area contributed by atoms with E-state index in [0.29, 0.717) is 24.5 Å². The summed E-state index contributed by atoms with van der Waals surface area (Å²) in [6.45, 7) is 0.336. The summed E-state index contributed by atoms with van der Waals surface area (Å²) in [5.41, 5.74) is 11.1. The van der Waals surface area contributed by atoms with E-state index in [2.05, 4.69) is 39.1 Å². The van der Waals surface area contributed by atoms with E-state index < -0.39 is 0 Å². The lowest BCUT2D eigenvalue weighted by Crippen LogP contribution is -2.30. The molecule has 6 aromatic rings. The van der Waals surface area contributed by atoms with Crippen molar-refractivity contribution >= 4 is 21.7 Å². The monoisotopic (exact) mass is 496 g/mol. The van der Waals surface area contributed by atoms with E-state index in [-0.39, 0.29) is 6.04 Å². The summed E-state index contributed by atoms with van der Waals surface area (Å²) in [5.74, 6) is 3.17. The van der Waals surface area contributed by atoms with Crippen molar-refractivity contribution in [3.05, 3.63) is 127 Å². The number of ether oxygens (including phenoxy) is 1. The van der Waals surface area contributed by atoms with E-state index in [1.54, 1.807) is 12.4 Å². The van der Waals surface area contributed by atoms with Gasteiger partial charge < -0.3 is 15.5 Å². The summed E-state index contributed by atoms with van der Waals surface area (Å²) in [7, 11) is 0. The number of rotatable bonds is 6. The predicted octanol–water partition coefficient (Wildman–Crippen LogP) is 6.39. The van der Waals surface area contributed by atoms with Crippen LogP contribution in [0.2, 0.25) is 0 Å². The second-order valence-electron chi connectivity index (χ2n) is 8.94. The molecular weight excluding hydrogens is 468 g/mol. The molecule has 1 atom stereocenters. The number of nitrogens with one attached hydrogen (secondary N) is 1. The molecule has 6 rings (SSSR count). The van der Waals surface area contributed by atoms with Gasteiger partial charge in [0, 0.05) is 52.7 Å². The number of nitrogens with two attached hydrogens (primary N) is 1. The fourth-order valence-corrected chi connectivity index (χ4v) is 4.31. The molecule has 5 nitrogen and oxygen atoms in total. The maximum Gasteiger partial charge on any atom is 0.154 e. The number of H-pyrrole nitrogens is 1. The SMILES string of the molecule is C#Cc1ncc(-c2ccc3cnccc3c2)cc1OC[C@@H](N)Cc1c[nH]c2ccccc12.c1ccccc1. The van der Waals surface area contributed by atoms with E-state index in [4.69, 9.17) is 16.9 Å². The minimum Gasteiger partial charge on any atom is -0.489 e. The Labute approximate surface area is 222 Å². The number of aromatic amines is 1. The molecule has 0 unspecified atom stereocenters. The van der Waals surface area contributed by atoms with Gasteiger partial charge >= 0.3 is 0 Å². The number of aromatic nitrogens is 3. The highest BCUT2D eigenvalue weighted by Gasteiger charge is 2.12. The summed E-state index contributed by atoms with van der Waals surface area (Å²) in [5, 5.41) is 3.38. The molecule has 186 valence electrons. The zero-order valence-corrected chi connectivity index (χ0v) is 20.9. The third-order valence-electron chi connectivity index (χ3n) is 6.24. The van der Waals surface area contributed by atoms with Crippen molar-refractivity contribution in [1.29, 1.82) is 0 Å². The molecule has 0 aliphatic carbocycles. The highest BCUT2D eigenvalue weighted by Crippen LogP contribution is 2.28. The molecule has 3 aromatic heterocycles. The Morgan fingerprint density at radius 1 is 0.868 bits per heavy atom. The summed E-state index contributed by atoms with van der Waals surface area (Å²) in [6, 6.07) is 30.1. The Hall–Kier alpha value is -4.92. The van der Waals surface area contributed by atoms with Gasteiger partial charge in [-0.25, -0.2) is 4.98 Å². The van der Waals surface area contributed by atoms with Crippen LogP contribution in [-0.4, -0.2) is 27.6 Å². The number of benzene rings is 3. The first kappa shape index (κ1) is 24.8. The van der Waals surface area contributed by atoms with E-state index in [1.807, 2.05) is 85.2 Å². The lowest BCUT2D eigenvalue weighted by molar-refractivity contribution is 0.286. The van der Waals surface area contributed by atoms with Crippen LogP contribution in [0.3, 0.4) is 0 Å². The highest BCUT2D eigenvalue weighted by atomic mass is 16.5. The molecule has 0 fully saturated rings. The van der Waals surface area contributed by atoms with Crippen molar-refractivity contribution in [3.63, 3.8) is 0 Å². The van der Waals surface area contributed by atoms with Gasteiger partial charge in [0.05, 0.1) is 0 Å². The third-order valence-corrected chi connectivity index (χ3v) is 6.24. The molecule has 0 amide bonds. The second-order valence-corrected chi connectivity index (χ2v) is 8.94. The van der Waals surface area contributed by atoms with Crippen LogP contribution in [0.25, 0.3) is 32.8 Å². The van der Waals surface area contributed by atoms with Crippen LogP contribution in [0, 0.1) is 12.3 Å². The van der Waals surface area contributed by atoms with Crippen LogP contribution in [0.15, 0.2) is 116 Å². The zero-order valence-electron chi connectivity index (χ0n) is 20.9. The molecule has 3 aromatic carbocycles. The number of hydrogen-bond acceptors (Lipinski definition) is 4. The van der Waals surface area contributed by atoms with Gasteiger partial charge in [0.2, 0.25) is 0 Å². The van der Waals surface area contributed by atoms with E-state index in [0.717, 1.165) is 27.4 Å². The standard InChI is InChI=1S/C27H22N4O.C6H6/c1-2-25-27(32-17-23(28)12-22-16-31-26-6-4-3-5-24(22)26)13-21(15-30-25)18-7-8-20-14-29-10-9-19(20)11-18;1-2-4-6-5-3-1/h1,3-11,13-16,23,31H,12,17,28H2;1-6H/t23-;/m0./s1. The second kappa shape index (κ2) is 11.9. The maximum absolute atomic E-state index is 6.39. The van der Waals surface area contributed by atoms with Crippen LogP contribution >= 0.6 is 0 Å². The first-order valence-corrected chi connectivity index (χ1v) is 12.5. The quantitative estimate of drug-likeness (QED) is 0.262. The zero-order chi connectivity index (χ0) is 26.2. The maximum atomic E-state index is 6.39. The Morgan fingerprint density at radius 3 is 2.45 bits per heavy atom. The molecule has 0 aliphatic heterocycles. The van der Waals surface area contributed by atoms with Gasteiger partial charge in [0.1, 0.15) is 6.61 Å². The molecule has 0 saturated carbocycles. The van der Waals surface area contributed by atoms with E-state index >= 15 is 0 Å². The van der Waals surface area contributed by atoms with Crippen molar-refractivity contribution in [2.75, 3.05) is 6.61 Å². The van der Waals surface area contributed by atoms with Crippen LogP contribution < -0.4 is 10.5 Å². The third kappa shape index (κ3) is 5.89. The molecule has 0 bridgehead atoms. The van der Waals surface area contributed by atoms with Gasteiger partial charge in [-0.3, -0.25) is 4.98 Å². The van der Waals surface area contributed by atoms with E-state index in [1.165, 1.54) is 10.9 Å². The number of fused-ring (bicyclic) bond motifs is 2. The molecule has 0 spiro atoms. The van der Waals surface area contributed by atoms with Gasteiger partial charge in [0.15, 0.2) is 11.4 Å². The van der Waals surface area contributed by atoms with Crippen molar-refractivity contribution in [3.8, 4) is 29.2 Å². The number of pyridine rings is 2. The fourth-order valence-electron chi connectivity index (χ4n) is 4.31. The van der Waals surface area contributed by atoms with Gasteiger partial charge in [-0.1, -0.05) is 66.7 Å². The molecule has 0 saturated heterocycles. The normalized spacial score (nSPS) is 11.4. The Bertz CT molecular complexity index is 1660. The smallest absolute Gasteiger partial charge is 0.154 e. The molecule has 0 aliphatic rings. The Balaban J connectivity index is 0.000000433. The predicted molar refractivity (Wildman–Crippen MR) is 155 cm³/mol. The van der Waals surface area contributed by atoms with Crippen LogP contribution in [0.1, 0.15) is 11.3 Å². The van der Waals surface area contributed by atoms with Crippen LogP contribution in [0.4, 0.5) is 0 Å².